The number of nitrogens with zero attached hydrogens (tertiary/aromatic N) is 4. The van der Waals surface area contributed by atoms with Crippen LogP contribution in [0.2, 0.25) is 5.02 Å². The number of nitrogens with one attached hydrogen (secondary N) is 1. The summed E-state index contributed by atoms with van der Waals surface area (Å²) in [6.07, 6.45) is 0.917. The highest BCUT2D eigenvalue weighted by Gasteiger charge is 2.21. The SMILES string of the molecule is C[C@@H](CC(=O)O)n1c(=O)nc(Nc2ccc3c(c2)CC/C3=N\O)n(Cc2ccc(Cl)cc2)c1=O. The first-order valence-electron chi connectivity index (χ1n) is 10.6. The highest BCUT2D eigenvalue weighted by molar-refractivity contribution is 6.30. The van der Waals surface area contributed by atoms with Crippen LogP contribution in [-0.4, -0.2) is 36.1 Å². The summed E-state index contributed by atoms with van der Waals surface area (Å²) in [5.41, 5.74) is 2.24. The molecule has 1 aliphatic rings. The van der Waals surface area contributed by atoms with Gasteiger partial charge in [-0.05, 0) is 55.2 Å². The lowest BCUT2D eigenvalue weighted by Gasteiger charge is -2.18. The molecule has 11 heteroatoms. The number of aryl methyl sites for hydroxylation is 1. The van der Waals surface area contributed by atoms with Gasteiger partial charge in [-0.2, -0.15) is 4.98 Å². The molecule has 1 atom stereocenters. The summed E-state index contributed by atoms with van der Waals surface area (Å²) >= 11 is 5.97. The molecule has 0 aliphatic heterocycles. The highest BCUT2D eigenvalue weighted by Crippen LogP contribution is 2.27. The second-order valence-electron chi connectivity index (χ2n) is 8.07. The molecule has 176 valence electrons. The van der Waals surface area contributed by atoms with Crippen LogP contribution in [0.25, 0.3) is 0 Å². The van der Waals surface area contributed by atoms with Gasteiger partial charge < -0.3 is 15.6 Å². The molecule has 3 N–H and O–H groups in total. The Morgan fingerprint density at radius 1 is 1.21 bits per heavy atom. The number of fused-ring (bicyclic) bond motifs is 1. The molecule has 0 amide bonds. The van der Waals surface area contributed by atoms with Crippen molar-refractivity contribution in [2.45, 2.75) is 38.8 Å². The lowest BCUT2D eigenvalue weighted by molar-refractivity contribution is -0.137. The molecule has 10 nitrogen and oxygen atoms in total. The predicted octanol–water partition coefficient (Wildman–Crippen LogP) is 3.01. The third-order valence-corrected chi connectivity index (χ3v) is 5.94. The van der Waals surface area contributed by atoms with E-state index in [2.05, 4.69) is 15.5 Å². The van der Waals surface area contributed by atoms with Gasteiger partial charge >= 0.3 is 17.3 Å². The van der Waals surface area contributed by atoms with Gasteiger partial charge in [0, 0.05) is 16.3 Å². The Labute approximate surface area is 198 Å². The van der Waals surface area contributed by atoms with Crippen LogP contribution in [0.5, 0.6) is 0 Å². The fourth-order valence-corrected chi connectivity index (χ4v) is 4.15. The van der Waals surface area contributed by atoms with Crippen molar-refractivity contribution in [3.8, 4) is 0 Å². The number of aromatic nitrogens is 3. The van der Waals surface area contributed by atoms with Gasteiger partial charge in [0.25, 0.3) is 0 Å². The molecule has 0 saturated heterocycles. The minimum Gasteiger partial charge on any atom is -0.481 e. The fraction of sp³-hybridized carbons (Fsp3) is 0.261. The Morgan fingerprint density at radius 2 is 1.94 bits per heavy atom. The summed E-state index contributed by atoms with van der Waals surface area (Å²) in [7, 11) is 0. The lowest BCUT2D eigenvalue weighted by Crippen LogP contribution is -2.44. The van der Waals surface area contributed by atoms with E-state index in [0.717, 1.165) is 21.3 Å². The second-order valence-corrected chi connectivity index (χ2v) is 8.51. The number of hydrogen-bond acceptors (Lipinski definition) is 7. The molecule has 2 aromatic carbocycles. The van der Waals surface area contributed by atoms with Crippen molar-refractivity contribution in [3.05, 3.63) is 85.1 Å². The van der Waals surface area contributed by atoms with E-state index < -0.39 is 29.8 Å². The average Bonchev–Trinajstić information content (AvgIpc) is 3.19. The Bertz CT molecular complexity index is 1390. The summed E-state index contributed by atoms with van der Waals surface area (Å²) in [6.45, 7) is 1.57. The van der Waals surface area contributed by atoms with Crippen LogP contribution in [0.15, 0.2) is 57.2 Å². The first-order valence-corrected chi connectivity index (χ1v) is 11.0. The molecular formula is C23H22ClN5O5. The highest BCUT2D eigenvalue weighted by atomic mass is 35.5. The number of anilines is 2. The summed E-state index contributed by atoms with van der Waals surface area (Å²) in [5, 5.41) is 25.2. The Balaban J connectivity index is 1.78. The van der Waals surface area contributed by atoms with Crippen LogP contribution in [0.4, 0.5) is 11.6 Å². The van der Waals surface area contributed by atoms with E-state index in [1.54, 1.807) is 36.4 Å². The first kappa shape index (κ1) is 23.2. The number of carbonyl (C=O) groups is 1. The number of hydrogen-bond donors (Lipinski definition) is 3. The summed E-state index contributed by atoms with van der Waals surface area (Å²) in [6, 6.07) is 11.4. The van der Waals surface area contributed by atoms with E-state index in [9.17, 15) is 14.4 Å². The lowest BCUT2D eigenvalue weighted by atomic mass is 10.1. The summed E-state index contributed by atoms with van der Waals surface area (Å²) in [4.78, 5) is 41.3. The third-order valence-electron chi connectivity index (χ3n) is 5.69. The standard InChI is InChI=1S/C23H22ClN5O5/c1-13(10-20(30)31)29-22(32)26-21(28(23(29)33)12-14-2-5-16(24)6-3-14)25-17-7-8-18-15(11-17)4-9-19(18)27-34/h2-3,5-8,11,13,34H,4,9-10,12H2,1H3,(H,30,31)(H,25,26,32)/b27-19+/t13-/m0/s1. The molecular weight excluding hydrogens is 462 g/mol. The van der Waals surface area contributed by atoms with Gasteiger partial charge in [0.15, 0.2) is 0 Å². The topological polar surface area (TPSA) is 139 Å². The number of benzene rings is 2. The first-order chi connectivity index (χ1) is 16.3. The number of aliphatic carboxylic acids is 1. The minimum absolute atomic E-state index is 0.0257. The van der Waals surface area contributed by atoms with Crippen molar-refractivity contribution in [2.75, 3.05) is 5.32 Å². The Morgan fingerprint density at radius 3 is 2.62 bits per heavy atom. The van der Waals surface area contributed by atoms with E-state index >= 15 is 0 Å². The zero-order valence-electron chi connectivity index (χ0n) is 18.2. The van der Waals surface area contributed by atoms with Crippen LogP contribution in [0.3, 0.4) is 0 Å². The van der Waals surface area contributed by atoms with Crippen molar-refractivity contribution in [1.82, 2.24) is 14.1 Å². The van der Waals surface area contributed by atoms with E-state index in [1.807, 2.05) is 6.07 Å². The maximum atomic E-state index is 13.3. The largest absolute Gasteiger partial charge is 0.481 e. The van der Waals surface area contributed by atoms with E-state index in [-0.39, 0.29) is 12.5 Å². The van der Waals surface area contributed by atoms with Gasteiger partial charge in [-0.25, -0.2) is 14.2 Å². The quantitative estimate of drug-likeness (QED) is 0.346. The van der Waals surface area contributed by atoms with Gasteiger partial charge in [0.05, 0.1) is 24.7 Å². The monoisotopic (exact) mass is 483 g/mol. The number of carboxylic acids is 1. The molecule has 1 heterocycles. The molecule has 4 rings (SSSR count). The maximum Gasteiger partial charge on any atom is 0.355 e. The molecule has 0 bridgehead atoms. The zero-order valence-corrected chi connectivity index (χ0v) is 19.0. The molecule has 34 heavy (non-hydrogen) atoms. The molecule has 0 spiro atoms. The van der Waals surface area contributed by atoms with Gasteiger partial charge in [-0.3, -0.25) is 9.36 Å². The van der Waals surface area contributed by atoms with E-state index in [4.69, 9.17) is 21.9 Å². The van der Waals surface area contributed by atoms with E-state index in [0.29, 0.717) is 29.3 Å². The average molecular weight is 484 g/mol. The Kier molecular flexibility index (Phi) is 6.51. The van der Waals surface area contributed by atoms with Gasteiger partial charge in [-0.15, -0.1) is 0 Å². The maximum absolute atomic E-state index is 13.3. The summed E-state index contributed by atoms with van der Waals surface area (Å²) in [5.74, 6) is -1.10. The van der Waals surface area contributed by atoms with Crippen molar-refractivity contribution in [2.24, 2.45) is 5.16 Å². The third kappa shape index (κ3) is 4.72. The fourth-order valence-electron chi connectivity index (χ4n) is 4.02. The Hall–Kier alpha value is -3.92. The molecule has 1 aromatic heterocycles. The summed E-state index contributed by atoms with van der Waals surface area (Å²) < 4.78 is 2.14. The zero-order chi connectivity index (χ0) is 24.4. The molecule has 0 unspecified atom stereocenters. The van der Waals surface area contributed by atoms with Crippen LogP contribution < -0.4 is 16.7 Å². The van der Waals surface area contributed by atoms with Crippen molar-refractivity contribution in [1.29, 1.82) is 0 Å². The van der Waals surface area contributed by atoms with E-state index in [1.165, 1.54) is 11.5 Å². The number of oxime groups is 1. The molecule has 1 aliphatic carbocycles. The van der Waals surface area contributed by atoms with Crippen molar-refractivity contribution >= 4 is 34.9 Å². The molecule has 3 aromatic rings. The van der Waals surface area contributed by atoms with Crippen molar-refractivity contribution in [3.63, 3.8) is 0 Å². The molecule has 0 radical (unpaired) electrons. The van der Waals surface area contributed by atoms with Gasteiger partial charge in [-0.1, -0.05) is 35.0 Å². The second kappa shape index (κ2) is 9.52. The number of rotatable bonds is 7. The predicted molar refractivity (Wildman–Crippen MR) is 127 cm³/mol. The normalized spacial score (nSPS) is 14.7. The molecule has 0 saturated carbocycles. The van der Waals surface area contributed by atoms with Crippen LogP contribution in [0.1, 0.15) is 42.5 Å². The van der Waals surface area contributed by atoms with Gasteiger partial charge in [0.1, 0.15) is 0 Å². The number of carboxylic acid groups (broad SMARTS) is 1. The molecule has 0 fully saturated rings. The minimum atomic E-state index is -1.13. The smallest absolute Gasteiger partial charge is 0.355 e. The van der Waals surface area contributed by atoms with Crippen molar-refractivity contribution < 1.29 is 15.1 Å². The number of halogens is 1. The van der Waals surface area contributed by atoms with Crippen LogP contribution in [-0.2, 0) is 17.8 Å². The van der Waals surface area contributed by atoms with Crippen LogP contribution >= 0.6 is 11.6 Å². The van der Waals surface area contributed by atoms with Crippen LogP contribution in [0, 0.1) is 0 Å². The van der Waals surface area contributed by atoms with Gasteiger partial charge in [0.2, 0.25) is 5.95 Å².